The number of likely N-dealkylation sites (N-methyl/N-ethyl adjacent to an activating group) is 1. The lowest BCUT2D eigenvalue weighted by molar-refractivity contribution is 0.0413. The van der Waals surface area contributed by atoms with Gasteiger partial charge in [-0.2, -0.15) is 0 Å². The standard InChI is InChI=1S/C11H22N2.C10H21N.3C9H20N2.2C9H19N/c1-11(2,3)13-8-7-12-6-4-5-10(12)9-13;1-9-6-5-7-11(8-9)10(2,3)4;1-9(2,3)11-7-5-10(4)6-8-11;1-9(2,3)11-6-4-8(10)5-7-11;1-9(2,3)11-7-4-5-10-6-8-11;1-8-5-6-10(7-8)9(2,3)4;1-9(2,3)10-7-5-4-6-8-10/h10H,4-9H2,1-3H3;9H,5-8H2,1-4H3;5-8H2,1-4H3;8H,4-7,10H2,1-3H3;10H,4-8H2,1-3H3;8H,5-7H2,1-4H3;4-8H2,1-3H3. The van der Waals surface area contributed by atoms with E-state index in [1.807, 2.05) is 0 Å². The number of hydrogen-bond donors (Lipinski definition) is 2. The molecule has 0 aromatic rings. The minimum absolute atomic E-state index is 0.333. The zero-order valence-electron chi connectivity index (χ0n) is 56.8. The first-order chi connectivity index (χ1) is 35.3. The summed E-state index contributed by atoms with van der Waals surface area (Å²) in [6, 6.07) is 1.32. The van der Waals surface area contributed by atoms with E-state index in [0.717, 1.165) is 37.3 Å². The predicted octanol–water partition coefficient (Wildman–Crippen LogP) is 11.8. The second-order valence-electron chi connectivity index (χ2n) is 32.3. The molecule has 0 bridgehead atoms. The van der Waals surface area contributed by atoms with E-state index in [1.165, 1.54) is 182 Å². The van der Waals surface area contributed by atoms with Gasteiger partial charge < -0.3 is 16.0 Å². The molecule has 8 aliphatic heterocycles. The fourth-order valence-electron chi connectivity index (χ4n) is 12.1. The normalized spacial score (nSPS) is 26.5. The summed E-state index contributed by atoms with van der Waals surface area (Å²) in [6.45, 7) is 78.0. The lowest BCUT2D eigenvalue weighted by Crippen LogP contribution is -2.56. The quantitative estimate of drug-likeness (QED) is 0.244. The molecule has 8 aliphatic rings. The van der Waals surface area contributed by atoms with E-state index >= 15 is 0 Å². The predicted molar refractivity (Wildman–Crippen MR) is 342 cm³/mol. The fourth-order valence-corrected chi connectivity index (χ4v) is 12.1. The molecule has 0 spiro atoms. The van der Waals surface area contributed by atoms with Crippen molar-refractivity contribution < 1.29 is 0 Å². The van der Waals surface area contributed by atoms with Crippen LogP contribution in [-0.4, -0.2) is 233 Å². The molecule has 0 amide bonds. The number of nitrogens with zero attached hydrogens (tertiary/aromatic N) is 9. The topological polar surface area (TPSA) is 67.2 Å². The number of fused-ring (bicyclic) bond motifs is 1. The Morgan fingerprint density at radius 3 is 1.10 bits per heavy atom. The molecule has 3 atom stereocenters. The Hall–Kier alpha value is -0.440. The summed E-state index contributed by atoms with van der Waals surface area (Å²) < 4.78 is 0. The molecule has 0 aliphatic carbocycles. The number of piperidine rings is 3. The van der Waals surface area contributed by atoms with Crippen LogP contribution >= 0.6 is 0 Å². The molecule has 3 unspecified atom stereocenters. The van der Waals surface area contributed by atoms with Gasteiger partial charge in [-0.1, -0.05) is 20.3 Å². The van der Waals surface area contributed by atoms with Gasteiger partial charge in [0.15, 0.2) is 0 Å². The molecule has 0 aromatic heterocycles. The monoisotopic (exact) mass is 1090 g/mol. The SMILES string of the molecule is CC(C)(C)N1CCC(N)CC1.CC(C)(C)N1CCCCC1.CC(C)(C)N1CCCNCC1.CC(C)(C)N1CCN2CCCC2C1.CC1CCCN(C(C)(C)C)C1.CC1CCN(C(C)(C)C)C1.CN1CCN(C(C)(C)C)CC1. The van der Waals surface area contributed by atoms with Gasteiger partial charge in [-0.3, -0.25) is 39.2 Å². The second-order valence-corrected chi connectivity index (χ2v) is 32.3. The zero-order valence-corrected chi connectivity index (χ0v) is 56.8. The summed E-state index contributed by atoms with van der Waals surface area (Å²) in [7, 11) is 2.19. The Morgan fingerprint density at radius 1 is 0.312 bits per heavy atom. The smallest absolute Gasteiger partial charge is 0.0224 e. The number of piperazine rings is 2. The third kappa shape index (κ3) is 30.1. The summed E-state index contributed by atoms with van der Waals surface area (Å²) >= 11 is 0. The van der Waals surface area contributed by atoms with E-state index in [2.05, 4.69) is 216 Å². The summed E-state index contributed by atoms with van der Waals surface area (Å²) in [5.41, 5.74) is 8.41. The first-order valence-corrected chi connectivity index (χ1v) is 32.4. The molecular weight excluding hydrogens is 947 g/mol. The van der Waals surface area contributed by atoms with E-state index in [0.29, 0.717) is 44.8 Å². The van der Waals surface area contributed by atoms with E-state index in [9.17, 15) is 0 Å². The van der Waals surface area contributed by atoms with Crippen LogP contribution in [0.4, 0.5) is 0 Å². The number of nitrogens with one attached hydrogen (secondary N) is 1. The van der Waals surface area contributed by atoms with Crippen molar-refractivity contribution in [3.63, 3.8) is 0 Å². The van der Waals surface area contributed by atoms with Crippen LogP contribution in [0.1, 0.15) is 230 Å². The van der Waals surface area contributed by atoms with Crippen molar-refractivity contribution in [1.82, 2.24) is 49.4 Å². The summed E-state index contributed by atoms with van der Waals surface area (Å²) in [5.74, 6) is 1.82. The Bertz CT molecular complexity index is 1430. The zero-order chi connectivity index (χ0) is 58.6. The van der Waals surface area contributed by atoms with Gasteiger partial charge in [-0.15, -0.1) is 0 Å². The van der Waals surface area contributed by atoms with Crippen LogP contribution in [0, 0.1) is 11.8 Å². The van der Waals surface area contributed by atoms with Crippen LogP contribution in [-0.2, 0) is 0 Å². The molecule has 0 radical (unpaired) electrons. The average Bonchev–Trinajstić information content (AvgIpc) is 3.89. The van der Waals surface area contributed by atoms with Gasteiger partial charge in [0.25, 0.3) is 0 Å². The van der Waals surface area contributed by atoms with Gasteiger partial charge in [-0.05, 0) is 274 Å². The first kappa shape index (κ1) is 72.7. The highest BCUT2D eigenvalue weighted by atomic mass is 15.3. The number of hydrogen-bond acceptors (Lipinski definition) is 11. The largest absolute Gasteiger partial charge is 0.328 e. The Kier molecular flexibility index (Phi) is 31.3. The highest BCUT2D eigenvalue weighted by Crippen LogP contribution is 2.27. The minimum Gasteiger partial charge on any atom is -0.328 e. The number of rotatable bonds is 0. The minimum atomic E-state index is 0.333. The van der Waals surface area contributed by atoms with E-state index < -0.39 is 0 Å². The van der Waals surface area contributed by atoms with Gasteiger partial charge in [-0.25, -0.2) is 0 Å². The number of likely N-dealkylation sites (tertiary alicyclic amines) is 4. The third-order valence-corrected chi connectivity index (χ3v) is 18.0. The van der Waals surface area contributed by atoms with Gasteiger partial charge in [0.2, 0.25) is 0 Å². The first-order valence-electron chi connectivity index (χ1n) is 32.4. The molecule has 8 fully saturated rings. The van der Waals surface area contributed by atoms with Crippen molar-refractivity contribution >= 4 is 0 Å². The van der Waals surface area contributed by atoms with Crippen LogP contribution in [0.3, 0.4) is 0 Å². The van der Waals surface area contributed by atoms with Crippen molar-refractivity contribution in [3.8, 4) is 0 Å². The maximum Gasteiger partial charge on any atom is 0.0224 e. The highest BCUT2D eigenvalue weighted by molar-refractivity contribution is 4.91. The number of nitrogens with two attached hydrogens (primary N) is 1. The van der Waals surface area contributed by atoms with Crippen LogP contribution in [0.25, 0.3) is 0 Å². The molecule has 8 heterocycles. The summed E-state index contributed by atoms with van der Waals surface area (Å²) in [4.78, 5) is 23.1. The maximum absolute atomic E-state index is 5.81. The average molecular weight is 1090 g/mol. The molecule has 11 nitrogen and oxygen atoms in total. The van der Waals surface area contributed by atoms with Crippen molar-refractivity contribution in [2.24, 2.45) is 17.6 Å². The van der Waals surface area contributed by atoms with E-state index in [4.69, 9.17) is 5.73 Å². The third-order valence-electron chi connectivity index (χ3n) is 18.0. The lowest BCUT2D eigenvalue weighted by atomic mass is 9.95. The van der Waals surface area contributed by atoms with Crippen molar-refractivity contribution in [1.29, 1.82) is 0 Å². The molecule has 0 aromatic carbocycles. The molecular formula is C66H141N11. The molecule has 3 N–H and O–H groups in total. The molecule has 460 valence electrons. The molecule has 11 heteroatoms. The lowest BCUT2D eigenvalue weighted by Gasteiger charge is -2.44. The van der Waals surface area contributed by atoms with Crippen molar-refractivity contribution in [2.75, 3.05) is 138 Å². The molecule has 8 rings (SSSR count). The van der Waals surface area contributed by atoms with Crippen molar-refractivity contribution in [2.45, 2.75) is 281 Å². The summed E-state index contributed by atoms with van der Waals surface area (Å²) in [5, 5.41) is 3.41. The Labute approximate surface area is 483 Å². The van der Waals surface area contributed by atoms with Crippen LogP contribution in [0.15, 0.2) is 0 Å². The van der Waals surface area contributed by atoms with Crippen LogP contribution in [0.2, 0.25) is 0 Å². The highest BCUT2D eigenvalue weighted by Gasteiger charge is 2.35. The molecule has 8 saturated heterocycles. The second kappa shape index (κ2) is 33.2. The van der Waals surface area contributed by atoms with Gasteiger partial charge in [0, 0.05) is 136 Å². The van der Waals surface area contributed by atoms with Gasteiger partial charge >= 0.3 is 0 Å². The Balaban J connectivity index is 0.000000308. The van der Waals surface area contributed by atoms with Crippen LogP contribution < -0.4 is 11.1 Å². The van der Waals surface area contributed by atoms with Crippen LogP contribution in [0.5, 0.6) is 0 Å². The maximum atomic E-state index is 5.81. The van der Waals surface area contributed by atoms with E-state index in [1.54, 1.807) is 0 Å². The van der Waals surface area contributed by atoms with Gasteiger partial charge in [0.1, 0.15) is 0 Å². The Morgan fingerprint density at radius 2 is 0.675 bits per heavy atom. The molecule has 77 heavy (non-hydrogen) atoms. The fraction of sp³-hybridized carbons (Fsp3) is 1.00. The molecule has 0 saturated carbocycles. The van der Waals surface area contributed by atoms with Crippen molar-refractivity contribution in [3.05, 3.63) is 0 Å². The summed E-state index contributed by atoms with van der Waals surface area (Å²) in [6.07, 6.45) is 14.9. The van der Waals surface area contributed by atoms with Gasteiger partial charge in [0.05, 0.1) is 0 Å². The van der Waals surface area contributed by atoms with E-state index in [-0.39, 0.29) is 0 Å².